The van der Waals surface area contributed by atoms with Gasteiger partial charge in [0, 0.05) is 5.56 Å². The zero-order valence-electron chi connectivity index (χ0n) is 13.3. The molecule has 0 N–H and O–H groups in total. The maximum atomic E-state index is 12.4. The number of benzene rings is 2. The molecule has 0 bridgehead atoms. The maximum Gasteiger partial charge on any atom is 1.00 e. The number of carbonyl (C=O) groups excluding carboxylic acids is 1. The fourth-order valence-electron chi connectivity index (χ4n) is 1.97. The average molecular weight is 299 g/mol. The Hall–Kier alpha value is -0.573. The topological polar surface area (TPSA) is 17.1 Å². The Morgan fingerprint density at radius 1 is 1.10 bits per heavy atom. The van der Waals surface area contributed by atoms with E-state index in [1.54, 1.807) is 6.07 Å². The van der Waals surface area contributed by atoms with Gasteiger partial charge in [-0.2, -0.15) is 0 Å². The van der Waals surface area contributed by atoms with E-state index in [1.807, 2.05) is 32.9 Å². The second-order valence-corrected chi connectivity index (χ2v) is 6.35. The predicted octanol–water partition coefficient (Wildman–Crippen LogP) is 1.53. The van der Waals surface area contributed by atoms with Gasteiger partial charge in [-0.1, -0.05) is 47.5 Å². The molecule has 1 unspecified atom stereocenters. The zero-order valence-corrected chi connectivity index (χ0v) is 14.0. The first-order chi connectivity index (χ1) is 8.99. The molecule has 0 aliphatic carbocycles. The van der Waals surface area contributed by atoms with Crippen molar-refractivity contribution in [1.29, 1.82) is 0 Å². The normalized spacial score (nSPS) is 10.6. The monoisotopic (exact) mass is 298 g/mol. The van der Waals surface area contributed by atoms with Crippen LogP contribution in [-0.2, 0) is 0 Å². The van der Waals surface area contributed by atoms with Crippen LogP contribution < -0.4 is 24.2 Å². The summed E-state index contributed by atoms with van der Waals surface area (Å²) in [5, 5.41) is 1.65. The van der Waals surface area contributed by atoms with Gasteiger partial charge >= 0.3 is 18.9 Å². The first-order valence-corrected chi connectivity index (χ1v) is 7.50. The second-order valence-electron chi connectivity index (χ2n) is 4.70. The molecule has 4 heteroatoms. The van der Waals surface area contributed by atoms with Crippen molar-refractivity contribution in [3.8, 4) is 0 Å². The molecule has 0 fully saturated rings. The summed E-state index contributed by atoms with van der Waals surface area (Å²) in [6.07, 6.45) is 0. The summed E-state index contributed by atoms with van der Waals surface area (Å²) in [4.78, 5) is 12.4. The van der Waals surface area contributed by atoms with Crippen molar-refractivity contribution >= 4 is 31.0 Å². The minimum Gasteiger partial charge on any atom is -1.00 e. The van der Waals surface area contributed by atoms with Crippen LogP contribution in [0.1, 0.15) is 28.5 Å². The third-order valence-corrected chi connectivity index (χ3v) is 4.69. The third-order valence-electron chi connectivity index (χ3n) is 3.09. The number of carbonyl (C=O) groups is 1. The molecule has 0 radical (unpaired) electrons. The van der Waals surface area contributed by atoms with Crippen LogP contribution in [0.4, 0.5) is 0 Å². The van der Waals surface area contributed by atoms with E-state index in [0.717, 1.165) is 16.4 Å². The van der Waals surface area contributed by atoms with Gasteiger partial charge in [-0.05, 0) is 51.8 Å². The van der Waals surface area contributed by atoms with Crippen LogP contribution in [0, 0.1) is 20.8 Å². The SMILES string of the molecule is Cc1ccc(C)c(PC(=O)c2c(C)cccc2Cl)c1.[H-].[Li+]. The summed E-state index contributed by atoms with van der Waals surface area (Å²) in [6, 6.07) is 11.8. The van der Waals surface area contributed by atoms with Crippen molar-refractivity contribution in [1.82, 2.24) is 0 Å². The van der Waals surface area contributed by atoms with Gasteiger partial charge < -0.3 is 1.43 Å². The molecule has 2 aromatic rings. The van der Waals surface area contributed by atoms with E-state index in [9.17, 15) is 4.79 Å². The van der Waals surface area contributed by atoms with Crippen molar-refractivity contribution in [3.05, 3.63) is 63.7 Å². The summed E-state index contributed by atoms with van der Waals surface area (Å²) >= 11 is 6.15. The quantitative estimate of drug-likeness (QED) is 0.620. The second kappa shape index (κ2) is 7.44. The minimum atomic E-state index is 0. The van der Waals surface area contributed by atoms with Crippen LogP contribution >= 0.6 is 20.2 Å². The number of hydrogen-bond acceptors (Lipinski definition) is 1. The van der Waals surface area contributed by atoms with Crippen LogP contribution in [0.15, 0.2) is 36.4 Å². The third kappa shape index (κ3) is 3.97. The number of aryl methyl sites for hydroxylation is 3. The molecule has 2 aromatic carbocycles. The van der Waals surface area contributed by atoms with E-state index < -0.39 is 0 Å². The Morgan fingerprint density at radius 2 is 1.80 bits per heavy atom. The number of hydrogen-bond donors (Lipinski definition) is 0. The van der Waals surface area contributed by atoms with Crippen LogP contribution in [0.2, 0.25) is 5.02 Å². The van der Waals surface area contributed by atoms with Gasteiger partial charge in [0.05, 0.1) is 5.02 Å². The molecule has 100 valence electrons. The van der Waals surface area contributed by atoms with Crippen molar-refractivity contribution in [2.75, 3.05) is 0 Å². The predicted molar refractivity (Wildman–Crippen MR) is 85.5 cm³/mol. The summed E-state index contributed by atoms with van der Waals surface area (Å²) in [5.74, 6) is 0. The Morgan fingerprint density at radius 3 is 2.45 bits per heavy atom. The van der Waals surface area contributed by atoms with Gasteiger partial charge in [-0.3, -0.25) is 4.79 Å². The average Bonchev–Trinajstić information content (AvgIpc) is 2.33. The van der Waals surface area contributed by atoms with Crippen molar-refractivity contribution in [3.63, 3.8) is 0 Å². The molecular weight excluding hydrogens is 282 g/mol. The van der Waals surface area contributed by atoms with E-state index >= 15 is 0 Å². The Bertz CT molecular complexity index is 626. The number of halogens is 1. The first-order valence-electron chi connectivity index (χ1n) is 6.13. The summed E-state index contributed by atoms with van der Waals surface area (Å²) < 4.78 is 0. The van der Waals surface area contributed by atoms with Gasteiger partial charge in [-0.25, -0.2) is 0 Å². The fraction of sp³-hybridized carbons (Fsp3) is 0.188. The van der Waals surface area contributed by atoms with Crippen LogP contribution in [0.25, 0.3) is 0 Å². The van der Waals surface area contributed by atoms with Crippen molar-refractivity contribution in [2.45, 2.75) is 20.8 Å². The van der Waals surface area contributed by atoms with Gasteiger partial charge in [0.15, 0.2) is 5.52 Å². The Labute approximate surface area is 140 Å². The van der Waals surface area contributed by atoms with Gasteiger partial charge in [0.25, 0.3) is 0 Å². The van der Waals surface area contributed by atoms with Crippen molar-refractivity contribution < 1.29 is 25.1 Å². The molecule has 0 aliphatic rings. The van der Waals surface area contributed by atoms with Crippen LogP contribution in [-0.4, -0.2) is 5.52 Å². The standard InChI is InChI=1S/C16H16ClOP.Li.H/c1-10-7-8-11(2)14(9-10)19-16(18)15-12(3)5-4-6-13(15)17;;/h4-9,19H,1-3H3;;/q;+1;-1. The molecule has 0 aromatic heterocycles. The van der Waals surface area contributed by atoms with Crippen LogP contribution in [0.3, 0.4) is 0 Å². The van der Waals surface area contributed by atoms with E-state index in [1.165, 1.54) is 5.56 Å². The molecular formula is C16H17ClLiOP. The molecule has 0 spiro atoms. The van der Waals surface area contributed by atoms with E-state index in [0.29, 0.717) is 10.6 Å². The minimum absolute atomic E-state index is 0. The first kappa shape index (κ1) is 17.5. The largest absolute Gasteiger partial charge is 1.00 e. The Kier molecular flexibility index (Phi) is 6.50. The molecule has 0 saturated carbocycles. The van der Waals surface area contributed by atoms with Gasteiger partial charge in [-0.15, -0.1) is 0 Å². The molecule has 0 heterocycles. The molecule has 20 heavy (non-hydrogen) atoms. The van der Waals surface area contributed by atoms with Crippen molar-refractivity contribution in [2.24, 2.45) is 0 Å². The van der Waals surface area contributed by atoms with Crippen LogP contribution in [0.5, 0.6) is 0 Å². The van der Waals surface area contributed by atoms with E-state index in [-0.39, 0.29) is 34.4 Å². The summed E-state index contributed by atoms with van der Waals surface area (Å²) in [7, 11) is 0.120. The molecule has 1 atom stereocenters. The van der Waals surface area contributed by atoms with Gasteiger partial charge in [0.1, 0.15) is 0 Å². The molecule has 0 aliphatic heterocycles. The molecule has 0 amide bonds. The Balaban J connectivity index is 0.00000200. The summed E-state index contributed by atoms with van der Waals surface area (Å²) in [6.45, 7) is 6.00. The van der Waals surface area contributed by atoms with E-state index in [2.05, 4.69) is 18.2 Å². The zero-order chi connectivity index (χ0) is 14.0. The molecule has 1 nitrogen and oxygen atoms in total. The molecule has 2 rings (SSSR count). The summed E-state index contributed by atoms with van der Waals surface area (Å²) in [5.41, 5.74) is 4.04. The molecule has 0 saturated heterocycles. The fourth-order valence-corrected chi connectivity index (χ4v) is 3.64. The smallest absolute Gasteiger partial charge is 1.00 e. The van der Waals surface area contributed by atoms with Gasteiger partial charge in [0.2, 0.25) is 0 Å². The van der Waals surface area contributed by atoms with E-state index in [4.69, 9.17) is 11.6 Å². The number of rotatable bonds is 3. The maximum absolute atomic E-state index is 12.4.